The minimum Gasteiger partial charge on any atom is -0.390 e. The predicted molar refractivity (Wildman–Crippen MR) is 55.5 cm³/mol. The monoisotopic (exact) mass is 258 g/mol. The molecule has 0 aliphatic heterocycles. The fourth-order valence-corrected chi connectivity index (χ4v) is 1.03. The lowest BCUT2D eigenvalue weighted by atomic mass is 10.0. The summed E-state index contributed by atoms with van der Waals surface area (Å²) in [5.41, 5.74) is 5.37. The molecule has 1 heterocycles. The van der Waals surface area contributed by atoms with Gasteiger partial charge in [-0.15, -0.1) is 12.4 Å². The molecule has 0 fully saturated rings. The summed E-state index contributed by atoms with van der Waals surface area (Å²) in [4.78, 5) is 3.62. The second-order valence-electron chi connectivity index (χ2n) is 2.81. The highest BCUT2D eigenvalue weighted by atomic mass is 35.5. The van der Waals surface area contributed by atoms with Crippen LogP contribution in [0.3, 0.4) is 0 Å². The molecule has 1 atom stereocenters. The molecule has 7 heteroatoms. The van der Waals surface area contributed by atoms with Gasteiger partial charge >= 0.3 is 0 Å². The van der Waals surface area contributed by atoms with Crippen LogP contribution in [0.4, 0.5) is 8.78 Å². The van der Waals surface area contributed by atoms with Gasteiger partial charge in [-0.1, -0.05) is 17.7 Å². The molecule has 0 radical (unpaired) electrons. The third-order valence-electron chi connectivity index (χ3n) is 1.78. The zero-order valence-electron chi connectivity index (χ0n) is 7.53. The molecule has 86 valence electrons. The van der Waals surface area contributed by atoms with E-state index in [1.54, 1.807) is 0 Å². The van der Waals surface area contributed by atoms with Gasteiger partial charge in [0.2, 0.25) is 0 Å². The first-order valence-corrected chi connectivity index (χ1v) is 4.21. The number of rotatable bonds is 3. The van der Waals surface area contributed by atoms with E-state index in [0.29, 0.717) is 0 Å². The van der Waals surface area contributed by atoms with E-state index in [-0.39, 0.29) is 23.1 Å². The zero-order chi connectivity index (χ0) is 10.8. The lowest BCUT2D eigenvalue weighted by Crippen LogP contribution is -2.36. The summed E-state index contributed by atoms with van der Waals surface area (Å²) < 4.78 is 25.8. The molecule has 1 rings (SSSR count). The van der Waals surface area contributed by atoms with Gasteiger partial charge in [-0.05, 0) is 11.6 Å². The maximum atomic E-state index is 12.9. The highest BCUT2D eigenvalue weighted by molar-refractivity contribution is 6.29. The van der Waals surface area contributed by atoms with E-state index in [4.69, 9.17) is 22.4 Å². The SMILES string of the molecule is Cl.N[C@H](c1ccc(Cl)nc1)C(F)(F)CO. The average Bonchev–Trinajstić information content (AvgIpc) is 2.18. The molecule has 0 unspecified atom stereocenters. The van der Waals surface area contributed by atoms with E-state index < -0.39 is 18.6 Å². The predicted octanol–water partition coefficient (Wildman–Crippen LogP) is 1.78. The zero-order valence-corrected chi connectivity index (χ0v) is 9.10. The van der Waals surface area contributed by atoms with Crippen molar-refractivity contribution in [1.29, 1.82) is 0 Å². The number of aliphatic hydroxyl groups excluding tert-OH is 1. The van der Waals surface area contributed by atoms with E-state index in [9.17, 15) is 8.78 Å². The molecule has 0 saturated heterocycles. The normalized spacial score (nSPS) is 13.1. The number of pyridine rings is 1. The van der Waals surface area contributed by atoms with Gasteiger partial charge in [-0.3, -0.25) is 0 Å². The van der Waals surface area contributed by atoms with Crippen molar-refractivity contribution in [3.8, 4) is 0 Å². The van der Waals surface area contributed by atoms with Crippen molar-refractivity contribution in [2.24, 2.45) is 5.73 Å². The molecule has 15 heavy (non-hydrogen) atoms. The molecule has 0 aromatic carbocycles. The summed E-state index contributed by atoms with van der Waals surface area (Å²) in [5, 5.41) is 8.61. The number of aromatic nitrogens is 1. The molecule has 0 aliphatic rings. The summed E-state index contributed by atoms with van der Waals surface area (Å²) >= 11 is 5.48. The lowest BCUT2D eigenvalue weighted by Gasteiger charge is -2.21. The Hall–Kier alpha value is -0.490. The number of halogens is 4. The molecule has 0 saturated carbocycles. The molecule has 3 nitrogen and oxygen atoms in total. The summed E-state index contributed by atoms with van der Waals surface area (Å²) in [6.07, 6.45) is 1.16. The van der Waals surface area contributed by atoms with Crippen LogP contribution >= 0.6 is 24.0 Å². The van der Waals surface area contributed by atoms with E-state index in [1.165, 1.54) is 12.1 Å². The third-order valence-corrected chi connectivity index (χ3v) is 2.00. The Morgan fingerprint density at radius 2 is 2.13 bits per heavy atom. The fourth-order valence-electron chi connectivity index (χ4n) is 0.913. The van der Waals surface area contributed by atoms with Crippen LogP contribution < -0.4 is 5.73 Å². The molecule has 3 N–H and O–H groups in total. The summed E-state index contributed by atoms with van der Waals surface area (Å²) in [6, 6.07) is 1.14. The topological polar surface area (TPSA) is 59.1 Å². The third kappa shape index (κ3) is 3.53. The summed E-state index contributed by atoms with van der Waals surface area (Å²) in [5.74, 6) is -3.35. The largest absolute Gasteiger partial charge is 0.390 e. The van der Waals surface area contributed by atoms with Gasteiger partial charge in [-0.25, -0.2) is 13.8 Å². The fraction of sp³-hybridized carbons (Fsp3) is 0.375. The van der Waals surface area contributed by atoms with E-state index >= 15 is 0 Å². The molecule has 1 aromatic heterocycles. The van der Waals surface area contributed by atoms with Crippen molar-refractivity contribution in [3.05, 3.63) is 29.0 Å². The minimum absolute atomic E-state index is 0. The van der Waals surface area contributed by atoms with Crippen LogP contribution in [0.15, 0.2) is 18.3 Å². The van der Waals surface area contributed by atoms with Crippen molar-refractivity contribution in [2.45, 2.75) is 12.0 Å². The molecule has 1 aromatic rings. The van der Waals surface area contributed by atoms with Gasteiger partial charge < -0.3 is 10.8 Å². The number of nitrogens with two attached hydrogens (primary N) is 1. The van der Waals surface area contributed by atoms with Crippen LogP contribution in [0.2, 0.25) is 5.15 Å². The van der Waals surface area contributed by atoms with Crippen molar-refractivity contribution in [3.63, 3.8) is 0 Å². The highest BCUT2D eigenvalue weighted by Gasteiger charge is 2.37. The van der Waals surface area contributed by atoms with Crippen LogP contribution in [0, 0.1) is 0 Å². The first-order valence-electron chi connectivity index (χ1n) is 3.83. The smallest absolute Gasteiger partial charge is 0.289 e. The molecule has 0 aliphatic carbocycles. The van der Waals surface area contributed by atoms with Crippen molar-refractivity contribution in [2.75, 3.05) is 6.61 Å². The Bertz CT molecular complexity index is 308. The summed E-state index contributed by atoms with van der Waals surface area (Å²) in [6.45, 7) is -1.29. The van der Waals surface area contributed by atoms with Crippen LogP contribution in [0.1, 0.15) is 11.6 Å². The van der Waals surface area contributed by atoms with Gasteiger partial charge in [0.05, 0.1) is 6.04 Å². The van der Waals surface area contributed by atoms with Crippen LogP contribution in [0.5, 0.6) is 0 Å². The Labute approximate surface area is 96.7 Å². The molecule has 0 bridgehead atoms. The number of alkyl halides is 2. The number of nitrogens with zero attached hydrogens (tertiary/aromatic N) is 1. The number of hydrogen-bond donors (Lipinski definition) is 2. The average molecular weight is 259 g/mol. The number of hydrogen-bond acceptors (Lipinski definition) is 3. The van der Waals surface area contributed by atoms with E-state index in [2.05, 4.69) is 4.98 Å². The Morgan fingerprint density at radius 1 is 1.53 bits per heavy atom. The maximum absolute atomic E-state index is 12.9. The molecule has 0 spiro atoms. The van der Waals surface area contributed by atoms with Gasteiger partial charge in [0.15, 0.2) is 0 Å². The van der Waals surface area contributed by atoms with Crippen molar-refractivity contribution in [1.82, 2.24) is 4.98 Å². The minimum atomic E-state index is -3.35. The number of aliphatic hydroxyl groups is 1. The maximum Gasteiger partial charge on any atom is 0.289 e. The Balaban J connectivity index is 0.00000196. The molecular formula is C8H10Cl2F2N2O. The van der Waals surface area contributed by atoms with E-state index in [1.807, 2.05) is 0 Å². The standard InChI is InChI=1S/C8H9ClF2N2O.ClH/c9-6-2-1-5(3-13-6)7(12)8(10,11)4-14;/h1-3,7,14H,4,12H2;1H/t7-;/m1./s1. The lowest BCUT2D eigenvalue weighted by molar-refractivity contribution is -0.0712. The van der Waals surface area contributed by atoms with Gasteiger partial charge in [0.25, 0.3) is 5.92 Å². The van der Waals surface area contributed by atoms with Gasteiger partial charge in [-0.2, -0.15) is 0 Å². The Morgan fingerprint density at radius 3 is 2.53 bits per heavy atom. The van der Waals surface area contributed by atoms with E-state index in [0.717, 1.165) is 6.20 Å². The first-order chi connectivity index (χ1) is 6.47. The first kappa shape index (κ1) is 14.5. The second kappa shape index (κ2) is 5.55. The van der Waals surface area contributed by atoms with Crippen molar-refractivity contribution >= 4 is 24.0 Å². The molecular weight excluding hydrogens is 249 g/mol. The van der Waals surface area contributed by atoms with Gasteiger partial charge in [0, 0.05) is 6.20 Å². The highest BCUT2D eigenvalue weighted by Crippen LogP contribution is 2.28. The summed E-state index contributed by atoms with van der Waals surface area (Å²) in [7, 11) is 0. The van der Waals surface area contributed by atoms with Crippen LogP contribution in [0.25, 0.3) is 0 Å². The van der Waals surface area contributed by atoms with Crippen LogP contribution in [-0.4, -0.2) is 22.6 Å². The van der Waals surface area contributed by atoms with Gasteiger partial charge in [0.1, 0.15) is 11.8 Å². The Kier molecular flexibility index (Phi) is 5.37. The molecule has 0 amide bonds. The van der Waals surface area contributed by atoms with Crippen molar-refractivity contribution < 1.29 is 13.9 Å². The van der Waals surface area contributed by atoms with Crippen LogP contribution in [-0.2, 0) is 0 Å². The quantitative estimate of drug-likeness (QED) is 0.813. The second-order valence-corrected chi connectivity index (χ2v) is 3.20.